The van der Waals surface area contributed by atoms with Crippen LogP contribution in [0.5, 0.6) is 5.75 Å². The maximum Gasteiger partial charge on any atom is 0.420 e. The molecule has 5 rings (SSSR count). The fraction of sp³-hybridized carbons (Fsp3) is 0.389. The largest absolute Gasteiger partial charge is 0.487 e. The zero-order chi connectivity index (χ0) is 35.5. The molecule has 49 heavy (non-hydrogen) atoms. The number of nitrogens with zero attached hydrogens (tertiary/aromatic N) is 4. The van der Waals surface area contributed by atoms with E-state index < -0.39 is 29.4 Å². The lowest BCUT2D eigenvalue weighted by molar-refractivity contribution is 0.0132. The first-order valence-corrected chi connectivity index (χ1v) is 16.9. The molecule has 0 saturated carbocycles. The van der Waals surface area contributed by atoms with Crippen LogP contribution < -0.4 is 9.64 Å². The normalized spacial score (nSPS) is 16.2. The molecule has 0 aliphatic carbocycles. The first-order chi connectivity index (χ1) is 23.1. The van der Waals surface area contributed by atoms with Gasteiger partial charge in [0.15, 0.2) is 5.82 Å². The number of hydrogen-bond acceptors (Lipinski definition) is 9. The Labute approximate surface area is 293 Å². The fourth-order valence-electron chi connectivity index (χ4n) is 5.17. The van der Waals surface area contributed by atoms with E-state index in [1.807, 2.05) is 0 Å². The number of carbonyl (C=O) groups is 2. The maximum atomic E-state index is 13.7. The molecule has 1 aliphatic rings. The Morgan fingerprint density at radius 3 is 2.49 bits per heavy atom. The fourth-order valence-corrected chi connectivity index (χ4v) is 6.35. The Morgan fingerprint density at radius 2 is 1.82 bits per heavy atom. The van der Waals surface area contributed by atoms with E-state index in [1.54, 1.807) is 77.9 Å². The van der Waals surface area contributed by atoms with E-state index >= 15 is 0 Å². The Morgan fingerprint density at radius 1 is 1.06 bits per heavy atom. The van der Waals surface area contributed by atoms with Crippen LogP contribution >= 0.6 is 22.9 Å². The van der Waals surface area contributed by atoms with Gasteiger partial charge in [0.05, 0.1) is 44.5 Å². The van der Waals surface area contributed by atoms with E-state index in [9.17, 15) is 19.1 Å². The summed E-state index contributed by atoms with van der Waals surface area (Å²) < 4.78 is 31.4. The number of hydrogen-bond donors (Lipinski definition) is 1. The number of thiophene rings is 1. The van der Waals surface area contributed by atoms with Crippen molar-refractivity contribution in [3.8, 4) is 17.6 Å². The monoisotopic (exact) mass is 708 g/mol. The second-order valence-corrected chi connectivity index (χ2v) is 14.9. The van der Waals surface area contributed by atoms with Crippen molar-refractivity contribution in [2.45, 2.75) is 84.3 Å². The van der Waals surface area contributed by atoms with Crippen LogP contribution in [-0.4, -0.2) is 62.1 Å². The Bertz CT molecular complexity index is 1910. The van der Waals surface area contributed by atoms with Gasteiger partial charge >= 0.3 is 12.2 Å². The number of halogens is 2. The number of ether oxygens (including phenoxy) is 3. The molecule has 2 amide bonds. The molecule has 1 saturated heterocycles. The van der Waals surface area contributed by atoms with E-state index in [1.165, 1.54) is 39.6 Å². The van der Waals surface area contributed by atoms with Crippen LogP contribution in [0.4, 0.5) is 25.5 Å². The van der Waals surface area contributed by atoms with Crippen LogP contribution in [0.25, 0.3) is 10.2 Å². The van der Waals surface area contributed by atoms with Gasteiger partial charge in [0.1, 0.15) is 35.7 Å². The molecule has 0 spiro atoms. The summed E-state index contributed by atoms with van der Waals surface area (Å²) in [6, 6.07) is 11.9. The zero-order valence-corrected chi connectivity index (χ0v) is 29.7. The predicted octanol–water partition coefficient (Wildman–Crippen LogP) is 8.25. The topological polar surface area (TPSA) is 114 Å². The smallest absolute Gasteiger partial charge is 0.420 e. The molecular weight excluding hydrogens is 671 g/mol. The van der Waals surface area contributed by atoms with Gasteiger partial charge in [-0.15, -0.1) is 11.3 Å². The van der Waals surface area contributed by atoms with Gasteiger partial charge in [-0.05, 0) is 96.3 Å². The van der Waals surface area contributed by atoms with Crippen LogP contribution in [0, 0.1) is 17.7 Å². The molecule has 3 heterocycles. The van der Waals surface area contributed by atoms with Gasteiger partial charge in [-0.25, -0.2) is 28.8 Å². The van der Waals surface area contributed by atoms with E-state index in [-0.39, 0.29) is 35.9 Å². The van der Waals surface area contributed by atoms with Crippen molar-refractivity contribution in [2.24, 2.45) is 0 Å². The highest BCUT2D eigenvalue weighted by Gasteiger charge is 2.38. The van der Waals surface area contributed by atoms with Crippen LogP contribution in [0.3, 0.4) is 0 Å². The average Bonchev–Trinajstić information content (AvgIpc) is 3.62. The van der Waals surface area contributed by atoms with Crippen molar-refractivity contribution in [3.63, 3.8) is 0 Å². The minimum atomic E-state index is -0.820. The zero-order valence-electron chi connectivity index (χ0n) is 28.1. The Kier molecular flexibility index (Phi) is 10.7. The third kappa shape index (κ3) is 8.97. The molecule has 2 aromatic heterocycles. The molecule has 13 heteroatoms. The summed E-state index contributed by atoms with van der Waals surface area (Å²) in [6.07, 6.45) is 1.32. The van der Waals surface area contributed by atoms with Crippen molar-refractivity contribution in [2.75, 3.05) is 11.5 Å². The summed E-state index contributed by atoms with van der Waals surface area (Å²) in [7, 11) is 0. The number of fused-ring (bicyclic) bond motifs is 1. The molecule has 258 valence electrons. The van der Waals surface area contributed by atoms with Crippen molar-refractivity contribution < 1.29 is 33.3 Å². The third-order valence-corrected chi connectivity index (χ3v) is 8.55. The molecule has 0 radical (unpaired) electrons. The minimum Gasteiger partial charge on any atom is -0.487 e. The summed E-state index contributed by atoms with van der Waals surface area (Å²) in [4.78, 5) is 39.1. The van der Waals surface area contributed by atoms with Gasteiger partial charge in [-0.3, -0.25) is 4.90 Å². The van der Waals surface area contributed by atoms with Gasteiger partial charge in [-0.2, -0.15) is 0 Å². The van der Waals surface area contributed by atoms with Crippen molar-refractivity contribution in [3.05, 3.63) is 76.1 Å². The first-order valence-electron chi connectivity index (χ1n) is 15.7. The van der Waals surface area contributed by atoms with E-state index in [0.29, 0.717) is 44.9 Å². The van der Waals surface area contributed by atoms with Gasteiger partial charge in [-0.1, -0.05) is 35.6 Å². The van der Waals surface area contributed by atoms with Crippen molar-refractivity contribution >= 4 is 56.8 Å². The second-order valence-electron chi connectivity index (χ2n) is 13.5. The van der Waals surface area contributed by atoms with Gasteiger partial charge < -0.3 is 19.3 Å². The lowest BCUT2D eigenvalue weighted by Gasteiger charge is -2.30. The molecule has 10 nitrogen and oxygen atoms in total. The molecule has 1 N–H and O–H groups in total. The highest BCUT2D eigenvalue weighted by atomic mass is 35.5. The van der Waals surface area contributed by atoms with E-state index in [4.69, 9.17) is 25.8 Å². The van der Waals surface area contributed by atoms with Crippen LogP contribution in [0.15, 0.2) is 54.9 Å². The highest BCUT2D eigenvalue weighted by Crippen LogP contribution is 2.38. The van der Waals surface area contributed by atoms with E-state index in [2.05, 4.69) is 21.8 Å². The lowest BCUT2D eigenvalue weighted by Crippen LogP contribution is -2.45. The molecule has 0 unspecified atom stereocenters. The van der Waals surface area contributed by atoms with Gasteiger partial charge in [0, 0.05) is 0 Å². The number of benzene rings is 2. The number of aromatic nitrogens is 2. The number of anilines is 2. The number of rotatable bonds is 6. The number of amides is 2. The first kappa shape index (κ1) is 35.9. The molecule has 2 aromatic carbocycles. The number of likely N-dealkylation sites (tertiary alicyclic amines) is 1. The molecule has 1 fully saturated rings. The number of aliphatic hydroxyl groups is 1. The number of carbonyl (C=O) groups excluding carboxylic acids is 2. The molecule has 4 aromatic rings. The summed E-state index contributed by atoms with van der Waals surface area (Å²) >= 11 is 7.92. The summed E-state index contributed by atoms with van der Waals surface area (Å²) in [5.74, 6) is 6.58. The SMILES string of the molecule is CC(C)(C)OC(=O)N(c1ccc(OCc2cccc(F)c2)c(Cl)c1)c1ncnc2cc(C#C[C@H]3CC[C@H](CO)N3C(=O)OC(C)(C)C)sc12. The maximum absolute atomic E-state index is 13.7. The highest BCUT2D eigenvalue weighted by molar-refractivity contribution is 7.20. The summed E-state index contributed by atoms with van der Waals surface area (Å²) in [5, 5.41) is 10.1. The predicted molar refractivity (Wildman–Crippen MR) is 187 cm³/mol. The molecule has 2 atom stereocenters. The Hall–Kier alpha value is -4.44. The lowest BCUT2D eigenvalue weighted by atomic mass is 10.2. The molecular formula is C36H38ClFN4O6S. The standard InChI is InChI=1S/C36H38ClFN4O6S/c1-35(2,3)47-33(44)41-24(10-11-26(41)19-43)12-14-27-18-29-31(49-27)32(40-21-39-29)42(34(45)48-36(4,5)6)25-13-15-30(28(37)17-25)46-20-22-8-7-9-23(38)16-22/h7-9,13,15-18,21,24,26,43H,10-11,19-20H2,1-6H3/t24-,26-/m1/s1. The summed E-state index contributed by atoms with van der Waals surface area (Å²) in [5.41, 5.74) is 0.0387. The van der Waals surface area contributed by atoms with Crippen LogP contribution in [-0.2, 0) is 16.1 Å². The second kappa shape index (κ2) is 14.6. The third-order valence-electron chi connectivity index (χ3n) is 7.22. The van der Waals surface area contributed by atoms with E-state index in [0.717, 1.165) is 0 Å². The molecule has 1 aliphatic heterocycles. The quantitative estimate of drug-likeness (QED) is 0.199. The van der Waals surface area contributed by atoms with Crippen LogP contribution in [0.1, 0.15) is 64.8 Å². The van der Waals surface area contributed by atoms with Crippen molar-refractivity contribution in [1.82, 2.24) is 14.9 Å². The number of aliphatic hydroxyl groups excluding tert-OH is 1. The van der Waals surface area contributed by atoms with Gasteiger partial charge in [0.2, 0.25) is 0 Å². The van der Waals surface area contributed by atoms with Gasteiger partial charge in [0.25, 0.3) is 0 Å². The van der Waals surface area contributed by atoms with Crippen LogP contribution in [0.2, 0.25) is 5.02 Å². The average molecular weight is 709 g/mol. The Balaban J connectivity index is 1.47. The molecule has 0 bridgehead atoms. The minimum absolute atomic E-state index is 0.0925. The summed E-state index contributed by atoms with van der Waals surface area (Å²) in [6.45, 7) is 10.6. The van der Waals surface area contributed by atoms with Crippen molar-refractivity contribution in [1.29, 1.82) is 0 Å².